The highest BCUT2D eigenvalue weighted by Gasteiger charge is 2.05. The molecule has 0 amide bonds. The summed E-state index contributed by atoms with van der Waals surface area (Å²) in [5.74, 6) is 0. The first kappa shape index (κ1) is 6.75. The zero-order valence-electron chi connectivity index (χ0n) is 3.74. The van der Waals surface area contributed by atoms with Crippen LogP contribution in [0.25, 0.3) is 0 Å². The summed E-state index contributed by atoms with van der Waals surface area (Å²) in [6.07, 6.45) is -2.51. The van der Waals surface area contributed by atoms with Gasteiger partial charge in [0.05, 0.1) is 0 Å². The molecule has 7 heavy (non-hydrogen) atoms. The summed E-state index contributed by atoms with van der Waals surface area (Å²) in [5, 5.41) is 2.15. The maximum atomic E-state index is 11.2. The van der Waals surface area contributed by atoms with E-state index >= 15 is 0 Å². The third-order valence-corrected chi connectivity index (χ3v) is 0.827. The molecule has 0 rings (SSSR count). The molecule has 1 N–H and O–H groups in total. The molecular formula is C3H5F2NS. The molecule has 0 unspecified atom stereocenters. The molecule has 0 aliphatic heterocycles. The molecule has 0 saturated heterocycles. The Morgan fingerprint density at radius 2 is 2.14 bits per heavy atom. The van der Waals surface area contributed by atoms with Crippen LogP contribution in [-0.4, -0.2) is 18.5 Å². The van der Waals surface area contributed by atoms with Crippen LogP contribution in [0.4, 0.5) is 8.78 Å². The van der Waals surface area contributed by atoms with Crippen molar-refractivity contribution in [2.24, 2.45) is 0 Å². The largest absolute Gasteiger partial charge is 0.378 e. The van der Waals surface area contributed by atoms with Crippen LogP contribution in [0.15, 0.2) is 0 Å². The number of halogens is 2. The maximum absolute atomic E-state index is 11.2. The predicted octanol–water partition coefficient (Wildman–Crippen LogP) is 0.798. The van der Waals surface area contributed by atoms with E-state index in [1.807, 2.05) is 0 Å². The van der Waals surface area contributed by atoms with Crippen molar-refractivity contribution in [2.75, 3.05) is 7.05 Å². The monoisotopic (exact) mass is 125 g/mol. The fraction of sp³-hybridized carbons (Fsp3) is 0.667. The van der Waals surface area contributed by atoms with Gasteiger partial charge in [0.2, 0.25) is 0 Å². The molecule has 0 fully saturated rings. The molecule has 0 aromatic carbocycles. The summed E-state index contributed by atoms with van der Waals surface area (Å²) in [4.78, 5) is -0.403. The van der Waals surface area contributed by atoms with Gasteiger partial charge < -0.3 is 5.32 Å². The predicted molar refractivity (Wildman–Crippen MR) is 27.7 cm³/mol. The maximum Gasteiger partial charge on any atom is 0.288 e. The lowest BCUT2D eigenvalue weighted by atomic mass is 10.7. The molecule has 0 bridgehead atoms. The smallest absolute Gasteiger partial charge is 0.288 e. The van der Waals surface area contributed by atoms with Crippen molar-refractivity contribution >= 4 is 17.2 Å². The second-order valence-corrected chi connectivity index (χ2v) is 1.35. The Morgan fingerprint density at radius 1 is 1.71 bits per heavy atom. The van der Waals surface area contributed by atoms with Crippen molar-refractivity contribution in [3.63, 3.8) is 0 Å². The molecule has 0 heterocycles. The van der Waals surface area contributed by atoms with Crippen molar-refractivity contribution < 1.29 is 8.78 Å². The zero-order chi connectivity index (χ0) is 5.86. The first-order valence-corrected chi connectivity index (χ1v) is 2.09. The van der Waals surface area contributed by atoms with Crippen molar-refractivity contribution in [2.45, 2.75) is 6.43 Å². The highest BCUT2D eigenvalue weighted by Crippen LogP contribution is 1.91. The molecule has 0 radical (unpaired) electrons. The van der Waals surface area contributed by atoms with Gasteiger partial charge in [0.1, 0.15) is 4.99 Å². The quantitative estimate of drug-likeness (QED) is 0.520. The lowest BCUT2D eigenvalue weighted by Crippen LogP contribution is -2.22. The summed E-state index contributed by atoms with van der Waals surface area (Å²) in [6, 6.07) is 0. The molecule has 42 valence electrons. The first-order chi connectivity index (χ1) is 3.18. The van der Waals surface area contributed by atoms with Crippen LogP contribution < -0.4 is 5.32 Å². The van der Waals surface area contributed by atoms with Gasteiger partial charge in [-0.25, -0.2) is 8.78 Å². The number of alkyl halides is 2. The summed E-state index contributed by atoms with van der Waals surface area (Å²) >= 11 is 4.12. The molecule has 0 spiro atoms. The van der Waals surface area contributed by atoms with Crippen LogP contribution in [-0.2, 0) is 0 Å². The van der Waals surface area contributed by atoms with E-state index in [1.54, 1.807) is 0 Å². The Bertz CT molecular complexity index is 73.3. The number of rotatable bonds is 1. The van der Waals surface area contributed by atoms with E-state index in [4.69, 9.17) is 0 Å². The van der Waals surface area contributed by atoms with Gasteiger partial charge >= 0.3 is 0 Å². The third kappa shape index (κ3) is 2.45. The van der Waals surface area contributed by atoms with Gasteiger partial charge in [-0.2, -0.15) is 0 Å². The SMILES string of the molecule is CNC(=S)C(F)F. The van der Waals surface area contributed by atoms with Crippen molar-refractivity contribution in [1.82, 2.24) is 5.32 Å². The molecule has 0 aliphatic rings. The number of nitrogens with one attached hydrogen (secondary N) is 1. The molecular weight excluding hydrogens is 120 g/mol. The van der Waals surface area contributed by atoms with Crippen LogP contribution >= 0.6 is 12.2 Å². The molecule has 4 heteroatoms. The lowest BCUT2D eigenvalue weighted by molar-refractivity contribution is 0.225. The highest BCUT2D eigenvalue weighted by atomic mass is 32.1. The van der Waals surface area contributed by atoms with E-state index in [0.29, 0.717) is 0 Å². The van der Waals surface area contributed by atoms with E-state index in [9.17, 15) is 8.78 Å². The van der Waals surface area contributed by atoms with Gasteiger partial charge in [-0.1, -0.05) is 12.2 Å². The average molecular weight is 125 g/mol. The van der Waals surface area contributed by atoms with E-state index in [0.717, 1.165) is 0 Å². The van der Waals surface area contributed by atoms with Crippen LogP contribution in [0.2, 0.25) is 0 Å². The molecule has 0 aromatic rings. The third-order valence-electron chi connectivity index (χ3n) is 0.445. The Balaban J connectivity index is 3.35. The summed E-state index contributed by atoms with van der Waals surface area (Å²) in [7, 11) is 1.37. The number of hydrogen-bond acceptors (Lipinski definition) is 1. The minimum atomic E-state index is -2.51. The summed E-state index contributed by atoms with van der Waals surface area (Å²) < 4.78 is 22.4. The summed E-state index contributed by atoms with van der Waals surface area (Å²) in [5.41, 5.74) is 0. The second kappa shape index (κ2) is 2.85. The average Bonchev–Trinajstić information content (AvgIpc) is 1.65. The molecule has 0 aromatic heterocycles. The first-order valence-electron chi connectivity index (χ1n) is 1.68. The number of hydrogen-bond donors (Lipinski definition) is 1. The van der Waals surface area contributed by atoms with Gasteiger partial charge in [-0.3, -0.25) is 0 Å². The normalized spacial score (nSPS) is 9.14. The van der Waals surface area contributed by atoms with Crippen LogP contribution in [0.3, 0.4) is 0 Å². The molecule has 0 atom stereocenters. The fourth-order valence-electron chi connectivity index (χ4n) is 0.109. The molecule has 1 nitrogen and oxygen atoms in total. The van der Waals surface area contributed by atoms with Crippen LogP contribution in [0.5, 0.6) is 0 Å². The van der Waals surface area contributed by atoms with Crippen LogP contribution in [0, 0.1) is 0 Å². The van der Waals surface area contributed by atoms with Crippen molar-refractivity contribution in [3.8, 4) is 0 Å². The minimum absolute atomic E-state index is 0.403. The standard InChI is InChI=1S/C3H5F2NS/c1-6-3(7)2(4)5/h2H,1H3,(H,6,7). The van der Waals surface area contributed by atoms with Gasteiger partial charge in [-0.05, 0) is 0 Å². The Hall–Kier alpha value is -0.250. The second-order valence-electron chi connectivity index (χ2n) is 0.915. The van der Waals surface area contributed by atoms with E-state index in [1.165, 1.54) is 7.05 Å². The van der Waals surface area contributed by atoms with E-state index in [2.05, 4.69) is 17.5 Å². The van der Waals surface area contributed by atoms with E-state index in [-0.39, 0.29) is 0 Å². The molecule has 0 aliphatic carbocycles. The summed E-state index contributed by atoms with van der Waals surface area (Å²) in [6.45, 7) is 0. The lowest BCUT2D eigenvalue weighted by Gasteiger charge is -1.96. The number of thiocarbonyl (C=S) groups is 1. The Kier molecular flexibility index (Phi) is 2.75. The molecule has 0 saturated carbocycles. The van der Waals surface area contributed by atoms with Gasteiger partial charge in [0, 0.05) is 7.05 Å². The van der Waals surface area contributed by atoms with Crippen molar-refractivity contribution in [3.05, 3.63) is 0 Å². The Labute approximate surface area is 45.7 Å². The van der Waals surface area contributed by atoms with Crippen molar-refractivity contribution in [1.29, 1.82) is 0 Å². The highest BCUT2D eigenvalue weighted by molar-refractivity contribution is 7.80. The zero-order valence-corrected chi connectivity index (χ0v) is 4.56. The minimum Gasteiger partial charge on any atom is -0.378 e. The van der Waals surface area contributed by atoms with Crippen LogP contribution in [0.1, 0.15) is 0 Å². The van der Waals surface area contributed by atoms with Gasteiger partial charge in [-0.15, -0.1) is 0 Å². The topological polar surface area (TPSA) is 12.0 Å². The Morgan fingerprint density at radius 3 is 2.14 bits per heavy atom. The van der Waals surface area contributed by atoms with E-state index < -0.39 is 11.4 Å². The van der Waals surface area contributed by atoms with Gasteiger partial charge in [0.15, 0.2) is 0 Å². The fourth-order valence-corrected chi connectivity index (χ4v) is 0.109. The van der Waals surface area contributed by atoms with Gasteiger partial charge in [0.25, 0.3) is 6.43 Å².